The third-order valence-electron chi connectivity index (χ3n) is 5.42. The number of phenols is 1. The molecule has 160 valence electrons. The topological polar surface area (TPSA) is 46.5 Å². The van der Waals surface area contributed by atoms with E-state index < -0.39 is 0 Å². The monoisotopic (exact) mass is 422 g/mol. The van der Waals surface area contributed by atoms with Gasteiger partial charge in [0.25, 0.3) is 0 Å². The Morgan fingerprint density at radius 2 is 1.03 bits per heavy atom. The first kappa shape index (κ1) is 21.4. The van der Waals surface area contributed by atoms with E-state index in [0.29, 0.717) is 16.9 Å². The molecule has 0 fully saturated rings. The first-order valence-corrected chi connectivity index (χ1v) is 10.6. The Hall–Kier alpha value is -3.85. The Labute approximate surface area is 188 Å². The summed E-state index contributed by atoms with van der Waals surface area (Å²) in [7, 11) is 0. The molecule has 0 saturated carbocycles. The number of rotatable bonds is 5. The molecule has 3 heteroatoms. The van der Waals surface area contributed by atoms with Crippen LogP contribution in [0.15, 0.2) is 97.1 Å². The van der Waals surface area contributed by atoms with Gasteiger partial charge in [-0.2, -0.15) is 0 Å². The first-order valence-electron chi connectivity index (χ1n) is 10.6. The van der Waals surface area contributed by atoms with Gasteiger partial charge in [-0.3, -0.25) is 4.79 Å². The number of aromatic hydroxyl groups is 1. The van der Waals surface area contributed by atoms with Crippen LogP contribution >= 0.6 is 0 Å². The number of ketones is 1. The summed E-state index contributed by atoms with van der Waals surface area (Å²) in [5, 5.41) is 9.38. The third-order valence-corrected chi connectivity index (χ3v) is 5.42. The van der Waals surface area contributed by atoms with Gasteiger partial charge in [-0.15, -0.1) is 0 Å². The molecule has 4 aromatic rings. The van der Waals surface area contributed by atoms with E-state index >= 15 is 0 Å². The predicted octanol–water partition coefficient (Wildman–Crippen LogP) is 7.38. The lowest BCUT2D eigenvalue weighted by atomic mass is 9.86. The molecule has 0 aliphatic carbocycles. The van der Waals surface area contributed by atoms with Crippen molar-refractivity contribution in [1.29, 1.82) is 0 Å². The molecule has 0 bridgehead atoms. The fourth-order valence-corrected chi connectivity index (χ4v) is 3.47. The number of carbonyl (C=O) groups is 1. The Morgan fingerprint density at radius 1 is 0.625 bits per heavy atom. The highest BCUT2D eigenvalue weighted by molar-refractivity contribution is 6.09. The van der Waals surface area contributed by atoms with Crippen molar-refractivity contribution in [2.45, 2.75) is 26.2 Å². The number of phenolic OH excluding ortho intramolecular Hbond substituents is 1. The first-order chi connectivity index (χ1) is 15.3. The van der Waals surface area contributed by atoms with Crippen LogP contribution in [0.5, 0.6) is 17.2 Å². The minimum absolute atomic E-state index is 0.0987. The molecule has 0 aliphatic rings. The number of benzene rings is 4. The lowest BCUT2D eigenvalue weighted by molar-refractivity contribution is 0.103. The average Bonchev–Trinajstić information content (AvgIpc) is 2.80. The molecule has 0 aliphatic heterocycles. The van der Waals surface area contributed by atoms with E-state index in [1.165, 1.54) is 23.3 Å². The maximum atomic E-state index is 12.6. The molecule has 0 spiro atoms. The lowest BCUT2D eigenvalue weighted by Crippen LogP contribution is -2.10. The standard InChI is InChI=1S/C29H26O3/c1-29(2,3)24-12-4-20(5-13-24)21-8-16-26(17-9-21)32-27-18-10-23(11-19-27)28(31)22-6-14-25(30)15-7-22/h4-19,30H,1-3H3. The van der Waals surface area contributed by atoms with Gasteiger partial charge in [-0.05, 0) is 82.8 Å². The maximum absolute atomic E-state index is 12.6. The van der Waals surface area contributed by atoms with E-state index in [9.17, 15) is 9.90 Å². The van der Waals surface area contributed by atoms with Crippen LogP contribution in [0.2, 0.25) is 0 Å². The van der Waals surface area contributed by atoms with E-state index in [4.69, 9.17) is 4.74 Å². The normalized spacial score (nSPS) is 11.2. The summed E-state index contributed by atoms with van der Waals surface area (Å²) in [6.45, 7) is 6.64. The van der Waals surface area contributed by atoms with Crippen molar-refractivity contribution in [2.24, 2.45) is 0 Å². The van der Waals surface area contributed by atoms with Crippen molar-refractivity contribution in [1.82, 2.24) is 0 Å². The van der Waals surface area contributed by atoms with Crippen LogP contribution in [0.1, 0.15) is 42.3 Å². The van der Waals surface area contributed by atoms with E-state index in [2.05, 4.69) is 45.0 Å². The minimum atomic E-state index is -0.0987. The zero-order valence-corrected chi connectivity index (χ0v) is 18.5. The van der Waals surface area contributed by atoms with E-state index in [-0.39, 0.29) is 16.9 Å². The number of carbonyl (C=O) groups excluding carboxylic acids is 1. The molecular formula is C29H26O3. The summed E-state index contributed by atoms with van der Waals surface area (Å²) in [5.74, 6) is 1.43. The zero-order chi connectivity index (χ0) is 22.7. The maximum Gasteiger partial charge on any atom is 0.193 e. The van der Waals surface area contributed by atoms with Crippen molar-refractivity contribution in [3.05, 3.63) is 114 Å². The largest absolute Gasteiger partial charge is 0.508 e. The highest BCUT2D eigenvalue weighted by Gasteiger charge is 2.13. The van der Waals surface area contributed by atoms with Crippen LogP contribution in [0, 0.1) is 0 Å². The summed E-state index contributed by atoms with van der Waals surface area (Å²) < 4.78 is 5.94. The Kier molecular flexibility index (Phi) is 5.83. The molecule has 0 heterocycles. The molecule has 32 heavy (non-hydrogen) atoms. The molecule has 4 rings (SSSR count). The predicted molar refractivity (Wildman–Crippen MR) is 129 cm³/mol. The van der Waals surface area contributed by atoms with Crippen LogP contribution < -0.4 is 4.74 Å². The number of ether oxygens (including phenoxy) is 1. The van der Waals surface area contributed by atoms with Gasteiger partial charge in [0, 0.05) is 11.1 Å². The number of hydrogen-bond acceptors (Lipinski definition) is 3. The van der Waals surface area contributed by atoms with Crippen molar-refractivity contribution in [2.75, 3.05) is 0 Å². The van der Waals surface area contributed by atoms with Crippen LogP contribution in [0.4, 0.5) is 0 Å². The van der Waals surface area contributed by atoms with Gasteiger partial charge in [0.1, 0.15) is 17.2 Å². The van der Waals surface area contributed by atoms with Gasteiger partial charge in [-0.25, -0.2) is 0 Å². The zero-order valence-electron chi connectivity index (χ0n) is 18.5. The smallest absolute Gasteiger partial charge is 0.193 e. The average molecular weight is 423 g/mol. The molecule has 4 aromatic carbocycles. The van der Waals surface area contributed by atoms with Gasteiger partial charge < -0.3 is 9.84 Å². The van der Waals surface area contributed by atoms with Gasteiger partial charge in [0.15, 0.2) is 5.78 Å². The van der Waals surface area contributed by atoms with Crippen LogP contribution in [0.3, 0.4) is 0 Å². The number of hydrogen-bond donors (Lipinski definition) is 1. The highest BCUT2D eigenvalue weighted by atomic mass is 16.5. The van der Waals surface area contributed by atoms with E-state index in [1.807, 2.05) is 24.3 Å². The molecule has 0 atom stereocenters. The summed E-state index contributed by atoms with van der Waals surface area (Å²) >= 11 is 0. The summed E-state index contributed by atoms with van der Waals surface area (Å²) in [6, 6.07) is 30.0. The molecule has 0 radical (unpaired) electrons. The Balaban J connectivity index is 1.43. The molecule has 3 nitrogen and oxygen atoms in total. The van der Waals surface area contributed by atoms with Gasteiger partial charge in [0.2, 0.25) is 0 Å². The SMILES string of the molecule is CC(C)(C)c1ccc(-c2ccc(Oc3ccc(C(=O)c4ccc(O)cc4)cc3)cc2)cc1. The second kappa shape index (κ2) is 8.72. The van der Waals surface area contributed by atoms with Crippen LogP contribution in [-0.4, -0.2) is 10.9 Å². The van der Waals surface area contributed by atoms with Crippen molar-refractivity contribution in [3.63, 3.8) is 0 Å². The van der Waals surface area contributed by atoms with Gasteiger partial charge >= 0.3 is 0 Å². The van der Waals surface area contributed by atoms with Gasteiger partial charge in [0.05, 0.1) is 0 Å². The minimum Gasteiger partial charge on any atom is -0.508 e. The van der Waals surface area contributed by atoms with E-state index in [1.54, 1.807) is 36.4 Å². The lowest BCUT2D eigenvalue weighted by Gasteiger charge is -2.19. The second-order valence-electron chi connectivity index (χ2n) is 8.85. The molecule has 0 unspecified atom stereocenters. The van der Waals surface area contributed by atoms with Crippen molar-refractivity contribution in [3.8, 4) is 28.4 Å². The fourth-order valence-electron chi connectivity index (χ4n) is 3.47. The van der Waals surface area contributed by atoms with Crippen LogP contribution in [0.25, 0.3) is 11.1 Å². The van der Waals surface area contributed by atoms with Crippen LogP contribution in [-0.2, 0) is 5.41 Å². The quantitative estimate of drug-likeness (QED) is 0.341. The molecular weight excluding hydrogens is 396 g/mol. The highest BCUT2D eigenvalue weighted by Crippen LogP contribution is 2.29. The molecule has 0 saturated heterocycles. The molecule has 0 amide bonds. The Bertz CT molecular complexity index is 1200. The second-order valence-corrected chi connectivity index (χ2v) is 8.85. The van der Waals surface area contributed by atoms with Crippen molar-refractivity contribution < 1.29 is 14.6 Å². The van der Waals surface area contributed by atoms with E-state index in [0.717, 1.165) is 11.3 Å². The van der Waals surface area contributed by atoms with Crippen molar-refractivity contribution >= 4 is 5.78 Å². The summed E-state index contributed by atoms with van der Waals surface area (Å²) in [4.78, 5) is 12.6. The third kappa shape index (κ3) is 4.89. The summed E-state index contributed by atoms with van der Waals surface area (Å²) in [6.07, 6.45) is 0. The summed E-state index contributed by atoms with van der Waals surface area (Å²) in [5.41, 5.74) is 4.85. The molecule has 0 aromatic heterocycles. The Morgan fingerprint density at radius 3 is 1.50 bits per heavy atom. The molecule has 1 N–H and O–H groups in total. The fraction of sp³-hybridized carbons (Fsp3) is 0.138. The van der Waals surface area contributed by atoms with Gasteiger partial charge in [-0.1, -0.05) is 57.2 Å².